The Morgan fingerprint density at radius 1 is 0.144 bits per heavy atom. The van der Waals surface area contributed by atoms with E-state index in [9.17, 15) is 0 Å². The van der Waals surface area contributed by atoms with Crippen LogP contribution in [0.3, 0.4) is 0 Å². The van der Waals surface area contributed by atoms with Gasteiger partial charge in [0.15, 0.2) is 0 Å². The maximum atomic E-state index is 6.81. The number of halogens is 2. The second-order valence-corrected chi connectivity index (χ2v) is 44.5. The normalized spacial score (nSPS) is 9.84. The summed E-state index contributed by atoms with van der Waals surface area (Å²) in [7, 11) is -4.40. The maximum Gasteiger partial charge on any atom is 0.102 e. The minimum atomic E-state index is -0.877. The van der Waals surface area contributed by atoms with Crippen LogP contribution in [0.4, 0.5) is 0 Å². The van der Waals surface area contributed by atoms with E-state index in [1.807, 2.05) is 0 Å². The molecule has 686 valence electrons. The summed E-state index contributed by atoms with van der Waals surface area (Å²) in [4.78, 5) is 0. The van der Waals surface area contributed by atoms with Crippen LogP contribution in [0.25, 0.3) is 0 Å². The van der Waals surface area contributed by atoms with Gasteiger partial charge in [0.1, 0.15) is 63.7 Å². The molecule has 0 aliphatic rings. The molecule has 0 heterocycles. The molecular weight excluding hydrogens is 2380 g/mol. The van der Waals surface area contributed by atoms with Crippen LogP contribution in [0.5, 0.6) is 0 Å². The van der Waals surface area contributed by atoms with E-state index in [1.165, 1.54) is 95.5 Å². The molecular formula is C128H104Cl2P6Pt3+4. The quantitative estimate of drug-likeness (QED) is 0.0456. The van der Waals surface area contributed by atoms with Gasteiger partial charge >= 0.3 is 120 Å². The van der Waals surface area contributed by atoms with Crippen LogP contribution in [-0.2, 0) is 63.2 Å². The van der Waals surface area contributed by atoms with Crippen molar-refractivity contribution in [3.63, 3.8) is 0 Å². The molecule has 0 nitrogen and oxygen atoms in total. The zero-order valence-electron chi connectivity index (χ0n) is 76.2. The van der Waals surface area contributed by atoms with Gasteiger partial charge in [-0.3, -0.25) is 0 Å². The van der Waals surface area contributed by atoms with Crippen LogP contribution in [0, 0.1) is 49.4 Å². The van der Waals surface area contributed by atoms with Gasteiger partial charge in [0.05, 0.1) is 31.7 Å². The number of rotatable bonds is 18. The van der Waals surface area contributed by atoms with E-state index in [4.69, 9.17) is 25.7 Å². The number of hydrogen-bond donors (Lipinski definition) is 0. The third kappa shape index (κ3) is 35.5. The fourth-order valence-electron chi connectivity index (χ4n) is 15.0. The van der Waals surface area contributed by atoms with Gasteiger partial charge in [0, 0.05) is 63.2 Å². The van der Waals surface area contributed by atoms with Crippen LogP contribution in [-0.4, -0.2) is 0 Å². The summed E-state index contributed by atoms with van der Waals surface area (Å²) in [5.41, 5.74) is 2.44. The summed E-state index contributed by atoms with van der Waals surface area (Å²) < 4.78 is 0. The molecule has 0 aliphatic heterocycles. The molecule has 0 bridgehead atoms. The third-order valence-electron chi connectivity index (χ3n) is 21.2. The number of hydrogen-bond acceptors (Lipinski definition) is 0. The molecule has 20 rings (SSSR count). The third-order valence-corrected chi connectivity index (χ3v) is 37.0. The second-order valence-electron chi connectivity index (χ2n) is 30.2. The topological polar surface area (TPSA) is 0 Å². The van der Waals surface area contributed by atoms with Crippen molar-refractivity contribution < 1.29 is 63.2 Å². The maximum absolute atomic E-state index is 6.81. The molecule has 0 atom stereocenters. The standard InChI is InChI=1S/6C18H15P.2C10H4.2ClH.3Pt/c6*1-4-10-16(11-5-1)19(17-12-6-2-7-13-17)18-14-8-3-9-15-18;2*1-3-9-7-5-6-8-10(9)4-2;;;;;/h6*1-15H;2*5-8H;2*1H;;;/p+4. The molecule has 0 N–H and O–H groups in total. The van der Waals surface area contributed by atoms with Crippen LogP contribution < -0.4 is 95.5 Å². The Morgan fingerprint density at radius 3 is 0.331 bits per heavy atom. The van der Waals surface area contributed by atoms with Gasteiger partial charge in [-0.2, -0.15) is 0 Å². The first kappa shape index (κ1) is 113. The van der Waals surface area contributed by atoms with E-state index in [2.05, 4.69) is 570 Å². The summed E-state index contributed by atoms with van der Waals surface area (Å²) in [6.07, 6.45) is 27.3. The van der Waals surface area contributed by atoms with Crippen molar-refractivity contribution in [2.75, 3.05) is 0 Å². The van der Waals surface area contributed by atoms with E-state index in [0.717, 1.165) is 0 Å². The van der Waals surface area contributed by atoms with Gasteiger partial charge in [0.2, 0.25) is 0 Å². The van der Waals surface area contributed by atoms with Crippen molar-refractivity contribution in [3.8, 4) is 23.7 Å². The molecule has 0 aliphatic carbocycles. The Morgan fingerprint density at radius 2 is 0.237 bits per heavy atom. The van der Waals surface area contributed by atoms with Crippen LogP contribution in [0.15, 0.2) is 595 Å². The zero-order chi connectivity index (χ0) is 92.3. The molecule has 0 unspecified atom stereocenters. The Kier molecular flexibility index (Phi) is 52.9. The first-order valence-corrected chi connectivity index (χ1v) is 53.1. The minimum absolute atomic E-state index is 0. The largest absolute Gasteiger partial charge is 0.102 e. The Hall–Kier alpha value is -11.7. The first-order chi connectivity index (χ1) is 66.5. The minimum Gasteiger partial charge on any atom is -0.0622 e. The van der Waals surface area contributed by atoms with Gasteiger partial charge in [-0.05, 0) is 193 Å². The smallest absolute Gasteiger partial charge is 0.0622 e. The molecule has 0 radical (unpaired) electrons. The average molecular weight is 2480 g/mol. The number of benzene rings is 20. The monoisotopic (exact) mass is 2480 g/mol. The predicted octanol–water partition coefficient (Wildman–Crippen LogP) is 23.6. The SMILES string of the molecule is Cl.Cl.[C+]#Cc1ccccc1C#[C-].[C+]#Cc1ccccc1C#[C-].[Pt].[Pt].[Pt].c1ccc(P(c2ccccc2)c2ccccc2)cc1.c1ccc(P(c2ccccc2)c2ccccc2)cc1.c1ccc([PH+](c2ccccc2)c2ccccc2)cc1.c1ccc([PH+](c2ccccc2)c2ccccc2)cc1.c1ccc([PH+](c2ccccc2)c2ccccc2)cc1.c1ccc([PH+](c2ccccc2)c2ccccc2)cc1. The van der Waals surface area contributed by atoms with Gasteiger partial charge in [-0.1, -0.05) is 400 Å². The summed E-state index contributed by atoms with van der Waals surface area (Å²) >= 11 is 0. The van der Waals surface area contributed by atoms with Gasteiger partial charge < -0.3 is 0 Å². The molecule has 0 aromatic heterocycles. The van der Waals surface area contributed by atoms with Crippen LogP contribution >= 0.6 is 72.3 Å². The summed E-state index contributed by atoms with van der Waals surface area (Å²) in [5.74, 6) is 8.86. The van der Waals surface area contributed by atoms with E-state index in [0.29, 0.717) is 22.3 Å². The Bertz CT molecular complexity index is 5250. The van der Waals surface area contributed by atoms with Crippen molar-refractivity contribution in [2.45, 2.75) is 0 Å². The molecule has 20 aromatic rings. The van der Waals surface area contributed by atoms with E-state index >= 15 is 0 Å². The fourth-order valence-corrected chi connectivity index (χ4v) is 29.9. The van der Waals surface area contributed by atoms with E-state index in [1.54, 1.807) is 48.5 Å². The van der Waals surface area contributed by atoms with E-state index < -0.39 is 47.5 Å². The Labute approximate surface area is 888 Å². The summed E-state index contributed by atoms with van der Waals surface area (Å²) in [6.45, 7) is 0. The molecule has 0 amide bonds. The van der Waals surface area contributed by atoms with Crippen molar-refractivity contribution in [1.29, 1.82) is 0 Å². The van der Waals surface area contributed by atoms with Crippen LogP contribution in [0.2, 0.25) is 0 Å². The summed E-state index contributed by atoms with van der Waals surface area (Å²) in [6, 6.07) is 209. The van der Waals surface area contributed by atoms with Crippen molar-refractivity contribution in [3.05, 3.63) is 642 Å². The molecule has 0 saturated heterocycles. The molecule has 0 fully saturated rings. The van der Waals surface area contributed by atoms with Crippen molar-refractivity contribution in [1.82, 2.24) is 0 Å². The van der Waals surface area contributed by atoms with Gasteiger partial charge in [0.25, 0.3) is 0 Å². The van der Waals surface area contributed by atoms with Gasteiger partial charge in [-0.15, -0.1) is 24.8 Å². The molecule has 0 spiro atoms. The van der Waals surface area contributed by atoms with Crippen LogP contribution in [0.1, 0.15) is 22.3 Å². The average Bonchev–Trinajstić information content (AvgIpc) is 0.831. The molecule has 0 saturated carbocycles. The fraction of sp³-hybridized carbons (Fsp3) is 0. The molecule has 20 aromatic carbocycles. The van der Waals surface area contributed by atoms with Gasteiger partial charge in [-0.25, -0.2) is 0 Å². The first-order valence-electron chi connectivity index (χ1n) is 44.4. The Balaban J connectivity index is 0.000000195. The van der Waals surface area contributed by atoms with Crippen molar-refractivity contribution in [2.24, 2.45) is 0 Å². The van der Waals surface area contributed by atoms with Crippen molar-refractivity contribution >= 4 is 168 Å². The second kappa shape index (κ2) is 65.3. The molecule has 11 heteroatoms. The van der Waals surface area contributed by atoms with E-state index in [-0.39, 0.29) is 88.0 Å². The predicted molar refractivity (Wildman–Crippen MR) is 609 cm³/mol. The summed E-state index contributed by atoms with van der Waals surface area (Å²) in [5, 5.41) is 25.6. The molecule has 139 heavy (non-hydrogen) atoms. The zero-order valence-corrected chi connectivity index (χ0v) is 90.5.